The molecule has 2 aliphatic rings. The van der Waals surface area contributed by atoms with E-state index >= 15 is 0 Å². The van der Waals surface area contributed by atoms with Gasteiger partial charge in [-0.15, -0.1) is 0 Å². The number of aliphatic hydroxyl groups is 3. The molecule has 3 heterocycles. The first-order valence-electron chi connectivity index (χ1n) is 6.08. The highest BCUT2D eigenvalue weighted by Crippen LogP contribution is 2.33. The van der Waals surface area contributed by atoms with Gasteiger partial charge in [0.2, 0.25) is 0 Å². The number of H-pyrrole nitrogens is 1. The van der Waals surface area contributed by atoms with Crippen molar-refractivity contribution in [2.45, 2.75) is 31.1 Å². The number of aliphatic hydroxyl groups excluding tert-OH is 3. The summed E-state index contributed by atoms with van der Waals surface area (Å²) in [6.07, 6.45) is -3.51. The molecule has 0 amide bonds. The lowest BCUT2D eigenvalue weighted by Crippen LogP contribution is -2.31. The molecule has 0 aliphatic carbocycles. The standard InChI is InChI=1S/C10H15N5O5/c11-9-13-7-6(8(18)14-9)12-10(19)15(7)5-1-3(17)4(2-16)20-5/h3-5,8,16-18H,1-2H2,(H,12,19)(H3,11,13,14). The van der Waals surface area contributed by atoms with Gasteiger partial charge in [0.05, 0.1) is 12.7 Å². The van der Waals surface area contributed by atoms with E-state index in [9.17, 15) is 15.0 Å². The maximum atomic E-state index is 12.0. The average molecular weight is 285 g/mol. The topological polar surface area (TPSA) is 158 Å². The Labute approximate surface area is 112 Å². The third-order valence-electron chi connectivity index (χ3n) is 3.39. The van der Waals surface area contributed by atoms with Gasteiger partial charge in [0, 0.05) is 6.42 Å². The van der Waals surface area contributed by atoms with E-state index in [1.807, 2.05) is 0 Å². The second kappa shape index (κ2) is 4.59. The Balaban J connectivity index is 1.99. The van der Waals surface area contributed by atoms with Gasteiger partial charge in [0.1, 0.15) is 23.8 Å². The second-order valence-corrected chi connectivity index (χ2v) is 4.69. The number of nitrogens with two attached hydrogens (primary N) is 1. The van der Waals surface area contributed by atoms with Crippen LogP contribution in [-0.4, -0.2) is 49.6 Å². The van der Waals surface area contributed by atoms with Crippen LogP contribution in [0.2, 0.25) is 0 Å². The van der Waals surface area contributed by atoms with E-state index in [1.165, 1.54) is 4.57 Å². The lowest BCUT2D eigenvalue weighted by atomic mass is 10.2. The van der Waals surface area contributed by atoms with E-state index in [-0.39, 0.29) is 30.5 Å². The minimum atomic E-state index is -1.26. The molecule has 0 saturated carbocycles. The molecule has 0 aromatic carbocycles. The van der Waals surface area contributed by atoms with Crippen molar-refractivity contribution >= 4 is 11.8 Å². The number of aromatic amines is 1. The first-order chi connectivity index (χ1) is 9.51. The van der Waals surface area contributed by atoms with Crippen LogP contribution in [0.3, 0.4) is 0 Å². The quantitative estimate of drug-likeness (QED) is 0.352. The number of ether oxygens (including phenoxy) is 1. The van der Waals surface area contributed by atoms with Crippen LogP contribution in [0.25, 0.3) is 0 Å². The zero-order valence-electron chi connectivity index (χ0n) is 10.4. The summed E-state index contributed by atoms with van der Waals surface area (Å²) < 4.78 is 6.63. The molecule has 1 aromatic heterocycles. The van der Waals surface area contributed by atoms with Gasteiger partial charge in [-0.05, 0) is 0 Å². The van der Waals surface area contributed by atoms with Crippen LogP contribution in [0.4, 0.5) is 5.82 Å². The van der Waals surface area contributed by atoms with Crippen molar-refractivity contribution in [3.8, 4) is 0 Å². The Morgan fingerprint density at radius 2 is 2.25 bits per heavy atom. The molecule has 1 fully saturated rings. The number of nitrogens with zero attached hydrogens (tertiary/aromatic N) is 2. The zero-order chi connectivity index (χ0) is 14.4. The Bertz CT molecular complexity index is 608. The van der Waals surface area contributed by atoms with E-state index < -0.39 is 30.4 Å². The highest BCUT2D eigenvalue weighted by molar-refractivity contribution is 5.93. The van der Waals surface area contributed by atoms with E-state index in [1.54, 1.807) is 0 Å². The fraction of sp³-hybridized carbons (Fsp3) is 0.600. The summed E-state index contributed by atoms with van der Waals surface area (Å²) in [4.78, 5) is 18.1. The van der Waals surface area contributed by atoms with Gasteiger partial charge < -0.3 is 36.1 Å². The van der Waals surface area contributed by atoms with Crippen molar-refractivity contribution in [3.05, 3.63) is 16.2 Å². The molecule has 20 heavy (non-hydrogen) atoms. The van der Waals surface area contributed by atoms with E-state index in [2.05, 4.69) is 15.3 Å². The van der Waals surface area contributed by atoms with E-state index in [0.717, 1.165) is 0 Å². The number of fused-ring (bicyclic) bond motifs is 1. The van der Waals surface area contributed by atoms with Crippen molar-refractivity contribution < 1.29 is 20.1 Å². The molecule has 1 aromatic rings. The maximum Gasteiger partial charge on any atom is 0.329 e. The molecule has 0 spiro atoms. The first-order valence-corrected chi connectivity index (χ1v) is 6.08. The summed E-state index contributed by atoms with van der Waals surface area (Å²) in [5.41, 5.74) is 5.17. The Morgan fingerprint density at radius 3 is 2.90 bits per heavy atom. The number of nitrogens with one attached hydrogen (secondary N) is 2. The van der Waals surface area contributed by atoms with Crippen molar-refractivity contribution in [2.75, 3.05) is 11.9 Å². The monoisotopic (exact) mass is 285 g/mol. The van der Waals surface area contributed by atoms with Gasteiger partial charge in [-0.2, -0.15) is 0 Å². The minimum Gasteiger partial charge on any atom is -0.394 e. The summed E-state index contributed by atoms with van der Waals surface area (Å²) in [6.45, 7) is -0.349. The lowest BCUT2D eigenvalue weighted by molar-refractivity contribution is -0.0447. The van der Waals surface area contributed by atoms with Crippen molar-refractivity contribution in [2.24, 2.45) is 10.7 Å². The van der Waals surface area contributed by atoms with Crippen LogP contribution >= 0.6 is 0 Å². The maximum absolute atomic E-state index is 12.0. The second-order valence-electron chi connectivity index (χ2n) is 4.69. The summed E-state index contributed by atoms with van der Waals surface area (Å²) in [5, 5.41) is 31.2. The third kappa shape index (κ3) is 1.89. The van der Waals surface area contributed by atoms with Crippen LogP contribution < -0.4 is 16.7 Å². The van der Waals surface area contributed by atoms with E-state index in [0.29, 0.717) is 0 Å². The van der Waals surface area contributed by atoms with Gasteiger partial charge in [-0.1, -0.05) is 0 Å². The molecule has 1 saturated heterocycles. The smallest absolute Gasteiger partial charge is 0.329 e. The number of guanidine groups is 1. The van der Waals surface area contributed by atoms with Gasteiger partial charge in [-0.25, -0.2) is 9.79 Å². The number of aliphatic imine (C=N–C) groups is 1. The summed E-state index contributed by atoms with van der Waals surface area (Å²) in [6, 6.07) is 0. The average Bonchev–Trinajstić information content (AvgIpc) is 2.89. The molecule has 7 N–H and O–H groups in total. The SMILES string of the molecule is NC1=NC(O)c2[nH]c(=O)n(C3CC(O)C(CO)O3)c2N1. The third-order valence-corrected chi connectivity index (χ3v) is 3.39. The largest absolute Gasteiger partial charge is 0.394 e. The van der Waals surface area contributed by atoms with Crippen molar-refractivity contribution in [1.29, 1.82) is 0 Å². The summed E-state index contributed by atoms with van der Waals surface area (Å²) in [5.74, 6) is 0.209. The van der Waals surface area contributed by atoms with Crippen molar-refractivity contribution in [1.82, 2.24) is 9.55 Å². The van der Waals surface area contributed by atoms with Crippen LogP contribution in [0.15, 0.2) is 9.79 Å². The van der Waals surface area contributed by atoms with Gasteiger partial charge >= 0.3 is 5.69 Å². The Hall–Kier alpha value is -1.88. The van der Waals surface area contributed by atoms with Gasteiger partial charge in [0.25, 0.3) is 0 Å². The molecule has 0 bridgehead atoms. The highest BCUT2D eigenvalue weighted by Gasteiger charge is 2.38. The normalized spacial score (nSPS) is 32.6. The molecule has 10 nitrogen and oxygen atoms in total. The molecule has 4 unspecified atom stereocenters. The molecule has 10 heteroatoms. The van der Waals surface area contributed by atoms with E-state index in [4.69, 9.17) is 15.6 Å². The number of anilines is 1. The first kappa shape index (κ1) is 13.1. The molecule has 2 aliphatic heterocycles. The Morgan fingerprint density at radius 1 is 1.50 bits per heavy atom. The summed E-state index contributed by atoms with van der Waals surface area (Å²) >= 11 is 0. The highest BCUT2D eigenvalue weighted by atomic mass is 16.5. The Kier molecular flexibility index (Phi) is 3.01. The number of imidazole rings is 1. The number of aromatic nitrogens is 2. The molecular weight excluding hydrogens is 270 g/mol. The number of rotatable bonds is 2. The predicted octanol–water partition coefficient (Wildman–Crippen LogP) is -2.45. The fourth-order valence-electron chi connectivity index (χ4n) is 2.44. The van der Waals surface area contributed by atoms with Crippen molar-refractivity contribution in [3.63, 3.8) is 0 Å². The summed E-state index contributed by atoms with van der Waals surface area (Å²) in [7, 11) is 0. The lowest BCUT2D eigenvalue weighted by Gasteiger charge is -2.20. The number of hydrogen-bond donors (Lipinski definition) is 6. The van der Waals surface area contributed by atoms with Crippen LogP contribution in [-0.2, 0) is 4.74 Å². The number of hydrogen-bond acceptors (Lipinski definition) is 8. The predicted molar refractivity (Wildman–Crippen MR) is 66.9 cm³/mol. The molecule has 0 radical (unpaired) electrons. The molecule has 110 valence electrons. The molecule has 4 atom stereocenters. The van der Waals surface area contributed by atoms with Crippen LogP contribution in [0, 0.1) is 0 Å². The van der Waals surface area contributed by atoms with Crippen LogP contribution in [0.1, 0.15) is 24.6 Å². The van der Waals surface area contributed by atoms with Gasteiger partial charge in [-0.3, -0.25) is 4.57 Å². The molecular formula is C10H15N5O5. The van der Waals surface area contributed by atoms with Crippen LogP contribution in [0.5, 0.6) is 0 Å². The van der Waals surface area contributed by atoms with Gasteiger partial charge in [0.15, 0.2) is 12.2 Å². The zero-order valence-corrected chi connectivity index (χ0v) is 10.4. The fourth-order valence-corrected chi connectivity index (χ4v) is 2.44. The minimum absolute atomic E-state index is 0.0324. The molecule has 3 rings (SSSR count).